The Morgan fingerprint density at radius 1 is 0.880 bits per heavy atom. The molecule has 0 radical (unpaired) electrons. The Morgan fingerprint density at radius 2 is 1.36 bits per heavy atom. The van der Waals surface area contributed by atoms with Crippen molar-refractivity contribution in [3.05, 3.63) is 71.8 Å². The number of esters is 2. The van der Waals surface area contributed by atoms with Gasteiger partial charge in [-0.3, -0.25) is 0 Å². The summed E-state index contributed by atoms with van der Waals surface area (Å²) in [5.41, 5.74) is 0.273. The van der Waals surface area contributed by atoms with Gasteiger partial charge < -0.3 is 9.47 Å². The van der Waals surface area contributed by atoms with Crippen LogP contribution in [0.2, 0.25) is 0 Å². The second-order valence-corrected chi connectivity index (χ2v) is 6.52. The molecular formula is C21H24O4. The van der Waals surface area contributed by atoms with Crippen LogP contribution in [-0.4, -0.2) is 23.6 Å². The standard InChI is InChI=1S/C21H24O4/c1-4-18(24-19(22)16-11-7-5-8-12-16)15-21(2,3)25-20(23)17-13-9-6-10-14-17/h5-14,18H,4,15H2,1-3H3. The van der Waals surface area contributed by atoms with E-state index in [0.29, 0.717) is 24.0 Å². The highest BCUT2D eigenvalue weighted by atomic mass is 16.6. The molecule has 132 valence electrons. The topological polar surface area (TPSA) is 52.6 Å². The summed E-state index contributed by atoms with van der Waals surface area (Å²) in [5.74, 6) is -0.743. The van der Waals surface area contributed by atoms with Crippen LogP contribution in [-0.2, 0) is 9.47 Å². The number of hydrogen-bond donors (Lipinski definition) is 0. The molecule has 1 atom stereocenters. The zero-order valence-electron chi connectivity index (χ0n) is 14.9. The van der Waals surface area contributed by atoms with E-state index in [4.69, 9.17) is 9.47 Å². The molecule has 1 unspecified atom stereocenters. The van der Waals surface area contributed by atoms with Crippen molar-refractivity contribution in [1.29, 1.82) is 0 Å². The van der Waals surface area contributed by atoms with E-state index in [-0.39, 0.29) is 18.0 Å². The molecule has 0 heterocycles. The molecule has 0 saturated heterocycles. The average molecular weight is 340 g/mol. The van der Waals surface area contributed by atoms with Crippen LogP contribution < -0.4 is 0 Å². The fourth-order valence-corrected chi connectivity index (χ4v) is 2.54. The highest BCUT2D eigenvalue weighted by Crippen LogP contribution is 2.23. The quantitative estimate of drug-likeness (QED) is 0.689. The Labute approximate surface area is 148 Å². The maximum Gasteiger partial charge on any atom is 0.338 e. The third-order valence-corrected chi connectivity index (χ3v) is 3.84. The fraction of sp³-hybridized carbons (Fsp3) is 0.333. The van der Waals surface area contributed by atoms with Gasteiger partial charge in [0.1, 0.15) is 11.7 Å². The minimum atomic E-state index is -0.745. The van der Waals surface area contributed by atoms with Crippen LogP contribution in [0.25, 0.3) is 0 Å². The Morgan fingerprint density at radius 3 is 1.84 bits per heavy atom. The smallest absolute Gasteiger partial charge is 0.338 e. The lowest BCUT2D eigenvalue weighted by Gasteiger charge is -2.29. The molecule has 2 rings (SSSR count). The molecule has 0 amide bonds. The maximum absolute atomic E-state index is 12.2. The monoisotopic (exact) mass is 340 g/mol. The van der Waals surface area contributed by atoms with Crippen LogP contribution in [0.4, 0.5) is 0 Å². The number of benzene rings is 2. The molecule has 0 saturated carbocycles. The molecule has 0 spiro atoms. The van der Waals surface area contributed by atoms with Gasteiger partial charge in [-0.2, -0.15) is 0 Å². The van der Waals surface area contributed by atoms with Gasteiger partial charge in [0.05, 0.1) is 11.1 Å². The first-order chi connectivity index (χ1) is 11.9. The molecule has 2 aromatic rings. The summed E-state index contributed by atoms with van der Waals surface area (Å²) in [6.07, 6.45) is 0.747. The van der Waals surface area contributed by atoms with Crippen LogP contribution in [0.15, 0.2) is 60.7 Å². The molecule has 0 bridgehead atoms. The van der Waals surface area contributed by atoms with E-state index in [0.717, 1.165) is 0 Å². The number of carbonyl (C=O) groups excluding carboxylic acids is 2. The van der Waals surface area contributed by atoms with Gasteiger partial charge in [0.25, 0.3) is 0 Å². The van der Waals surface area contributed by atoms with E-state index in [1.165, 1.54) is 0 Å². The average Bonchev–Trinajstić information content (AvgIpc) is 2.62. The lowest BCUT2D eigenvalue weighted by molar-refractivity contribution is -0.0322. The first-order valence-electron chi connectivity index (χ1n) is 8.45. The third kappa shape index (κ3) is 5.75. The first-order valence-corrected chi connectivity index (χ1v) is 8.45. The van der Waals surface area contributed by atoms with E-state index >= 15 is 0 Å². The minimum absolute atomic E-state index is 0.328. The molecule has 25 heavy (non-hydrogen) atoms. The summed E-state index contributed by atoms with van der Waals surface area (Å²) < 4.78 is 11.2. The van der Waals surface area contributed by atoms with Crippen molar-refractivity contribution in [3.63, 3.8) is 0 Å². The second-order valence-electron chi connectivity index (χ2n) is 6.52. The fourth-order valence-electron chi connectivity index (χ4n) is 2.54. The Bertz CT molecular complexity index is 692. The minimum Gasteiger partial charge on any atom is -0.459 e. The summed E-state index contributed by atoms with van der Waals surface area (Å²) >= 11 is 0. The summed E-state index contributed by atoms with van der Waals surface area (Å²) in [7, 11) is 0. The van der Waals surface area contributed by atoms with Gasteiger partial charge in [-0.05, 0) is 44.5 Å². The van der Waals surface area contributed by atoms with Crippen molar-refractivity contribution in [1.82, 2.24) is 0 Å². The van der Waals surface area contributed by atoms with Crippen LogP contribution in [0.5, 0.6) is 0 Å². The molecule has 4 nitrogen and oxygen atoms in total. The maximum atomic E-state index is 12.2. The molecule has 4 heteroatoms. The predicted octanol–water partition coefficient (Wildman–Crippen LogP) is 4.65. The van der Waals surface area contributed by atoms with Gasteiger partial charge in [-0.1, -0.05) is 43.3 Å². The SMILES string of the molecule is CCC(CC(C)(C)OC(=O)c1ccccc1)OC(=O)c1ccccc1. The summed E-state index contributed by atoms with van der Waals surface area (Å²) in [4.78, 5) is 24.5. The van der Waals surface area contributed by atoms with Gasteiger partial charge in [-0.15, -0.1) is 0 Å². The van der Waals surface area contributed by atoms with E-state index in [2.05, 4.69) is 0 Å². The first kappa shape index (κ1) is 18.7. The number of carbonyl (C=O) groups is 2. The molecule has 2 aromatic carbocycles. The van der Waals surface area contributed by atoms with Gasteiger partial charge in [0, 0.05) is 6.42 Å². The van der Waals surface area contributed by atoms with Crippen molar-refractivity contribution >= 4 is 11.9 Å². The van der Waals surface area contributed by atoms with Crippen LogP contribution in [0, 0.1) is 0 Å². The van der Waals surface area contributed by atoms with Crippen molar-refractivity contribution in [2.75, 3.05) is 0 Å². The van der Waals surface area contributed by atoms with Crippen molar-refractivity contribution in [2.45, 2.75) is 45.3 Å². The molecule has 0 aromatic heterocycles. The Kier molecular flexibility index (Phi) is 6.34. The van der Waals surface area contributed by atoms with Crippen LogP contribution in [0.3, 0.4) is 0 Å². The lowest BCUT2D eigenvalue weighted by atomic mass is 9.98. The molecule has 0 fully saturated rings. The van der Waals surface area contributed by atoms with Gasteiger partial charge >= 0.3 is 11.9 Å². The van der Waals surface area contributed by atoms with Gasteiger partial charge in [0.2, 0.25) is 0 Å². The second kappa shape index (κ2) is 8.47. The van der Waals surface area contributed by atoms with Crippen molar-refractivity contribution < 1.29 is 19.1 Å². The summed E-state index contributed by atoms with van der Waals surface area (Å²) in [5, 5.41) is 0. The van der Waals surface area contributed by atoms with E-state index < -0.39 is 5.60 Å². The largest absolute Gasteiger partial charge is 0.459 e. The van der Waals surface area contributed by atoms with Crippen molar-refractivity contribution in [2.24, 2.45) is 0 Å². The number of ether oxygens (including phenoxy) is 2. The highest BCUT2D eigenvalue weighted by Gasteiger charge is 2.29. The van der Waals surface area contributed by atoms with E-state index in [9.17, 15) is 9.59 Å². The number of hydrogen-bond acceptors (Lipinski definition) is 4. The predicted molar refractivity (Wildman–Crippen MR) is 96.5 cm³/mol. The lowest BCUT2D eigenvalue weighted by Crippen LogP contribution is -2.34. The zero-order valence-corrected chi connectivity index (χ0v) is 14.9. The molecule has 0 aliphatic rings. The Balaban J connectivity index is 1.97. The normalized spacial score (nSPS) is 12.3. The molecular weight excluding hydrogens is 316 g/mol. The van der Waals surface area contributed by atoms with Crippen LogP contribution >= 0.6 is 0 Å². The third-order valence-electron chi connectivity index (χ3n) is 3.84. The van der Waals surface area contributed by atoms with Gasteiger partial charge in [-0.25, -0.2) is 9.59 Å². The summed E-state index contributed by atoms with van der Waals surface area (Å²) in [6.45, 7) is 5.59. The highest BCUT2D eigenvalue weighted by molar-refractivity contribution is 5.90. The van der Waals surface area contributed by atoms with Gasteiger partial charge in [0.15, 0.2) is 0 Å². The zero-order chi connectivity index (χ0) is 18.3. The number of rotatable bonds is 7. The van der Waals surface area contributed by atoms with Crippen molar-refractivity contribution in [3.8, 4) is 0 Å². The molecule has 0 aliphatic carbocycles. The molecule has 0 N–H and O–H groups in total. The molecule has 0 aliphatic heterocycles. The Hall–Kier alpha value is -2.62. The van der Waals surface area contributed by atoms with E-state index in [1.807, 2.05) is 32.9 Å². The van der Waals surface area contributed by atoms with E-state index in [1.54, 1.807) is 48.5 Å². The summed E-state index contributed by atoms with van der Waals surface area (Å²) in [6, 6.07) is 17.7. The van der Waals surface area contributed by atoms with Crippen LogP contribution in [0.1, 0.15) is 54.3 Å².